The molecule has 2 unspecified atom stereocenters. The van der Waals surface area contributed by atoms with Crippen LogP contribution in [0.15, 0.2) is 174 Å². The van der Waals surface area contributed by atoms with Crippen molar-refractivity contribution in [2.45, 2.75) is 39.8 Å². The molecule has 2 atom stereocenters. The minimum atomic E-state index is -0.163. The van der Waals surface area contributed by atoms with Crippen LogP contribution >= 0.6 is 0 Å². The van der Waals surface area contributed by atoms with Gasteiger partial charge in [0.15, 0.2) is 5.58 Å². The molecule has 0 bridgehead atoms. The Hall–Kier alpha value is -7.30. The lowest BCUT2D eigenvalue weighted by atomic mass is 9.89. The van der Waals surface area contributed by atoms with Crippen molar-refractivity contribution >= 4 is 88.3 Å². The van der Waals surface area contributed by atoms with Crippen molar-refractivity contribution in [2.24, 2.45) is 0 Å². The molecule has 1 aromatic heterocycles. The lowest BCUT2D eigenvalue weighted by Gasteiger charge is -2.38. The summed E-state index contributed by atoms with van der Waals surface area (Å²) in [4.78, 5) is 4.91. The van der Waals surface area contributed by atoms with Crippen molar-refractivity contribution in [1.82, 2.24) is 0 Å². The molecule has 9 aromatic carbocycles. The molecule has 1 aliphatic heterocycles. The number of ether oxygens (including phenoxy) is 1. The van der Waals surface area contributed by atoms with Gasteiger partial charge in [0, 0.05) is 49.7 Å². The first-order valence-electron chi connectivity index (χ1n) is 20.9. The van der Waals surface area contributed by atoms with Crippen molar-refractivity contribution in [3.05, 3.63) is 198 Å². The molecule has 0 radical (unpaired) electrons. The maximum atomic E-state index is 6.95. The zero-order valence-corrected chi connectivity index (χ0v) is 34.0. The third-order valence-electron chi connectivity index (χ3n) is 12.9. The van der Waals surface area contributed by atoms with Crippen LogP contribution < -0.4 is 14.5 Å². The van der Waals surface area contributed by atoms with Gasteiger partial charge in [-0.15, -0.1) is 0 Å². The number of hydrogen-bond acceptors (Lipinski definition) is 4. The summed E-state index contributed by atoms with van der Waals surface area (Å²) in [6.07, 6.45) is 6.60. The Bertz CT molecular complexity index is 3440. The molecule has 0 saturated heterocycles. The highest BCUT2D eigenvalue weighted by Gasteiger charge is 2.40. The lowest BCUT2D eigenvalue weighted by Crippen LogP contribution is -2.42. The van der Waals surface area contributed by atoms with E-state index in [0.717, 1.165) is 67.3 Å². The van der Waals surface area contributed by atoms with Gasteiger partial charge in [-0.05, 0) is 114 Å². The van der Waals surface area contributed by atoms with Gasteiger partial charge in [-0.1, -0.05) is 127 Å². The van der Waals surface area contributed by atoms with Gasteiger partial charge in [0.25, 0.3) is 0 Å². The van der Waals surface area contributed by atoms with E-state index in [0.29, 0.717) is 0 Å². The Kier molecular flexibility index (Phi) is 7.58. The van der Waals surface area contributed by atoms with Crippen molar-refractivity contribution in [3.8, 4) is 5.75 Å². The van der Waals surface area contributed by atoms with Crippen LogP contribution in [0, 0.1) is 27.7 Å². The standard InChI is InChI=1S/C56H42N2O2/c1-33-11-5-15-39(31-33)57(49-21-9-19-43-41-17-7-13-35(3)53(41)59-55(43)49)47-29-25-37-24-28-46-48(30-26-38-23-27-45(47)51(37)52(38)46)58(40-16-6-12-34(2)32-40)50-22-10-20-44-42-18-8-14-36(4)54(42)60-56(44)50/h5-32,49,55H,1-4H3. The zero-order chi connectivity index (χ0) is 40.2. The van der Waals surface area contributed by atoms with Crippen LogP contribution in [0.3, 0.4) is 0 Å². The molecular formula is C56H42N2O2. The van der Waals surface area contributed by atoms with Crippen LogP contribution in [0.25, 0.3) is 59.8 Å². The second-order valence-electron chi connectivity index (χ2n) is 16.7. The molecule has 1 aliphatic carbocycles. The summed E-state index contributed by atoms with van der Waals surface area (Å²) in [6.45, 7) is 8.60. The summed E-state index contributed by atoms with van der Waals surface area (Å²) in [7, 11) is 0. The zero-order valence-electron chi connectivity index (χ0n) is 34.0. The van der Waals surface area contributed by atoms with Crippen LogP contribution in [0.1, 0.15) is 27.8 Å². The van der Waals surface area contributed by atoms with E-state index < -0.39 is 0 Å². The average Bonchev–Trinajstić information content (AvgIpc) is 3.85. The molecule has 0 amide bonds. The fraction of sp³-hybridized carbons (Fsp3) is 0.107. The normalized spacial score (nSPS) is 15.8. The van der Waals surface area contributed by atoms with E-state index >= 15 is 0 Å². The number of nitrogens with zero attached hydrogens (tertiary/aromatic N) is 2. The van der Waals surface area contributed by atoms with E-state index in [1.165, 1.54) is 54.6 Å². The van der Waals surface area contributed by atoms with Crippen molar-refractivity contribution < 1.29 is 9.15 Å². The van der Waals surface area contributed by atoms with Crippen LogP contribution in [0.5, 0.6) is 5.75 Å². The first-order chi connectivity index (χ1) is 29.4. The molecule has 0 saturated carbocycles. The molecule has 0 spiro atoms. The third-order valence-corrected chi connectivity index (χ3v) is 12.9. The largest absolute Gasteiger partial charge is 0.482 e. The summed E-state index contributed by atoms with van der Waals surface area (Å²) >= 11 is 0. The van der Waals surface area contributed by atoms with E-state index in [4.69, 9.17) is 9.15 Å². The summed E-state index contributed by atoms with van der Waals surface area (Å²) < 4.78 is 13.8. The number of fused-ring (bicyclic) bond motifs is 6. The van der Waals surface area contributed by atoms with Gasteiger partial charge in [-0.2, -0.15) is 0 Å². The highest BCUT2D eigenvalue weighted by Crippen LogP contribution is 2.50. The average molecular weight is 775 g/mol. The predicted octanol–water partition coefficient (Wildman–Crippen LogP) is 15.1. The monoisotopic (exact) mass is 774 g/mol. The number of anilines is 5. The maximum absolute atomic E-state index is 6.95. The molecule has 4 nitrogen and oxygen atoms in total. The van der Waals surface area contributed by atoms with E-state index in [2.05, 4.69) is 207 Å². The Morgan fingerprint density at radius 3 is 1.88 bits per heavy atom. The molecule has 60 heavy (non-hydrogen) atoms. The predicted molar refractivity (Wildman–Crippen MR) is 251 cm³/mol. The molecule has 0 N–H and O–H groups in total. The number of aryl methyl sites for hydroxylation is 4. The van der Waals surface area contributed by atoms with Crippen LogP contribution in [-0.2, 0) is 0 Å². The molecule has 0 fully saturated rings. The Labute approximate surface area is 349 Å². The SMILES string of the molecule is Cc1cccc(N(c2ccc3ccc4c(N(c5cccc(C)c5)C5C=CC=C6c7cccc(C)c7OC65)ccc5ccc2c3c54)c2cccc3c2oc2c(C)cccc23)c1. The van der Waals surface area contributed by atoms with Gasteiger partial charge in [0.2, 0.25) is 0 Å². The second-order valence-corrected chi connectivity index (χ2v) is 16.7. The number of benzene rings is 9. The Morgan fingerprint density at radius 2 is 1.12 bits per heavy atom. The van der Waals surface area contributed by atoms with E-state index in [-0.39, 0.29) is 12.1 Å². The molecule has 12 rings (SSSR count). The van der Waals surface area contributed by atoms with Gasteiger partial charge in [0.1, 0.15) is 17.4 Å². The quantitative estimate of drug-likeness (QED) is 0.157. The fourth-order valence-electron chi connectivity index (χ4n) is 10.1. The van der Waals surface area contributed by atoms with E-state index in [9.17, 15) is 0 Å². The number of rotatable bonds is 6. The smallest absolute Gasteiger partial charge is 0.159 e. The molecule has 2 heterocycles. The van der Waals surface area contributed by atoms with E-state index in [1.807, 2.05) is 0 Å². The summed E-state index contributed by atoms with van der Waals surface area (Å²) in [5.41, 5.74) is 14.4. The number of para-hydroxylation sites is 3. The lowest BCUT2D eigenvalue weighted by molar-refractivity contribution is 0.257. The van der Waals surface area contributed by atoms with Gasteiger partial charge in [0.05, 0.1) is 17.4 Å². The minimum Gasteiger partial charge on any atom is -0.482 e. The topological polar surface area (TPSA) is 28.9 Å². The van der Waals surface area contributed by atoms with Gasteiger partial charge in [-0.3, -0.25) is 0 Å². The molecule has 4 heteroatoms. The molecule has 10 aromatic rings. The third kappa shape index (κ3) is 5.10. The highest BCUT2D eigenvalue weighted by atomic mass is 16.5. The Balaban J connectivity index is 1.09. The molecule has 2 aliphatic rings. The highest BCUT2D eigenvalue weighted by molar-refractivity contribution is 6.28. The van der Waals surface area contributed by atoms with Crippen LogP contribution in [0.4, 0.5) is 28.4 Å². The van der Waals surface area contributed by atoms with Crippen molar-refractivity contribution in [3.63, 3.8) is 0 Å². The number of furan rings is 1. The van der Waals surface area contributed by atoms with Gasteiger partial charge in [-0.25, -0.2) is 0 Å². The maximum Gasteiger partial charge on any atom is 0.159 e. The molecule has 288 valence electrons. The van der Waals surface area contributed by atoms with Crippen LogP contribution in [-0.4, -0.2) is 12.1 Å². The summed E-state index contributed by atoms with van der Waals surface area (Å²) in [5.74, 6) is 0.987. The second kappa shape index (κ2) is 13.1. The minimum absolute atomic E-state index is 0.0858. The van der Waals surface area contributed by atoms with Crippen molar-refractivity contribution in [2.75, 3.05) is 9.80 Å². The van der Waals surface area contributed by atoms with Gasteiger partial charge >= 0.3 is 0 Å². The first-order valence-corrected chi connectivity index (χ1v) is 20.9. The molecular weight excluding hydrogens is 733 g/mol. The van der Waals surface area contributed by atoms with Gasteiger partial charge < -0.3 is 19.0 Å². The van der Waals surface area contributed by atoms with Crippen LogP contribution in [0.2, 0.25) is 0 Å². The number of hydrogen-bond donors (Lipinski definition) is 0. The fourth-order valence-corrected chi connectivity index (χ4v) is 10.1. The van der Waals surface area contributed by atoms with Crippen molar-refractivity contribution in [1.29, 1.82) is 0 Å². The number of allylic oxidation sites excluding steroid dienone is 2. The Morgan fingerprint density at radius 1 is 0.500 bits per heavy atom. The summed E-state index contributed by atoms with van der Waals surface area (Å²) in [5, 5.41) is 9.56. The first kappa shape index (κ1) is 34.7. The van der Waals surface area contributed by atoms with E-state index in [1.54, 1.807) is 0 Å². The summed E-state index contributed by atoms with van der Waals surface area (Å²) in [6, 6.07) is 55.5.